The highest BCUT2D eigenvalue weighted by atomic mass is 19.4. The number of carbonyl (C=O) groups excluding carboxylic acids is 2. The van der Waals surface area contributed by atoms with E-state index in [1.165, 1.54) is 37.5 Å². The lowest BCUT2D eigenvalue weighted by atomic mass is 10.1. The standard InChI is InChI=1S/C21H15F3N6O2/c1-30-10-15(21(22,23)24)29-20(30)18(32)12-4-2-11(3-5-12)14-9-27-19-17(28-14)13(8-26-19)6-7-16(25)31/h2-10H,1H3,(H2,25,31)(H,26,27)/b7-6+. The predicted octanol–water partition coefficient (Wildman–Crippen LogP) is 3.11. The number of imidazole rings is 1. The number of amides is 1. The van der Waals surface area contributed by atoms with Crippen molar-refractivity contribution in [3.63, 3.8) is 0 Å². The van der Waals surface area contributed by atoms with Gasteiger partial charge >= 0.3 is 6.18 Å². The van der Waals surface area contributed by atoms with Crippen molar-refractivity contribution in [3.05, 3.63) is 71.6 Å². The Morgan fingerprint density at radius 2 is 1.88 bits per heavy atom. The first-order valence-electron chi connectivity index (χ1n) is 9.21. The van der Waals surface area contributed by atoms with Gasteiger partial charge in [0, 0.05) is 42.2 Å². The minimum absolute atomic E-state index is 0.178. The van der Waals surface area contributed by atoms with Crippen LogP contribution in [0, 0.1) is 0 Å². The number of carbonyl (C=O) groups is 2. The van der Waals surface area contributed by atoms with Gasteiger partial charge < -0.3 is 15.3 Å². The third kappa shape index (κ3) is 4.00. The summed E-state index contributed by atoms with van der Waals surface area (Å²) in [4.78, 5) is 38.8. The number of benzene rings is 1. The molecule has 0 bridgehead atoms. The SMILES string of the molecule is Cn1cc(C(F)(F)F)nc1C(=O)c1ccc(-c2cnc3[nH]cc(/C=C/C(N)=O)c3n2)cc1. The summed E-state index contributed by atoms with van der Waals surface area (Å²) in [5.74, 6) is -1.55. The van der Waals surface area contributed by atoms with Crippen molar-refractivity contribution in [1.29, 1.82) is 0 Å². The van der Waals surface area contributed by atoms with Crippen molar-refractivity contribution in [2.75, 3.05) is 0 Å². The highest BCUT2D eigenvalue weighted by Gasteiger charge is 2.35. The van der Waals surface area contributed by atoms with Gasteiger partial charge in [0.25, 0.3) is 0 Å². The van der Waals surface area contributed by atoms with E-state index in [0.717, 1.165) is 10.8 Å². The van der Waals surface area contributed by atoms with Crippen molar-refractivity contribution < 1.29 is 22.8 Å². The van der Waals surface area contributed by atoms with E-state index in [-0.39, 0.29) is 11.4 Å². The average molecular weight is 440 g/mol. The number of nitrogens with two attached hydrogens (primary N) is 1. The predicted molar refractivity (Wildman–Crippen MR) is 109 cm³/mol. The van der Waals surface area contributed by atoms with Crippen LogP contribution < -0.4 is 5.73 Å². The summed E-state index contributed by atoms with van der Waals surface area (Å²) in [7, 11) is 1.33. The number of halogens is 3. The van der Waals surface area contributed by atoms with Crippen molar-refractivity contribution in [2.45, 2.75) is 6.18 Å². The van der Waals surface area contributed by atoms with Crippen molar-refractivity contribution in [3.8, 4) is 11.3 Å². The lowest BCUT2D eigenvalue weighted by molar-refractivity contribution is -0.141. The monoisotopic (exact) mass is 440 g/mol. The Labute approximate surface area is 178 Å². The van der Waals surface area contributed by atoms with Crippen LogP contribution in [0.1, 0.15) is 27.4 Å². The second-order valence-electron chi connectivity index (χ2n) is 6.90. The van der Waals surface area contributed by atoms with E-state index in [1.54, 1.807) is 18.3 Å². The fourth-order valence-corrected chi connectivity index (χ4v) is 3.08. The number of hydrogen-bond donors (Lipinski definition) is 2. The molecule has 0 aliphatic rings. The van der Waals surface area contributed by atoms with Crippen LogP contribution in [0.25, 0.3) is 28.5 Å². The normalized spacial score (nSPS) is 12.0. The molecule has 1 aromatic carbocycles. The summed E-state index contributed by atoms with van der Waals surface area (Å²) < 4.78 is 39.6. The highest BCUT2D eigenvalue weighted by Crippen LogP contribution is 2.29. The number of aromatic amines is 1. The third-order valence-corrected chi connectivity index (χ3v) is 4.65. The number of aryl methyl sites for hydroxylation is 1. The number of nitrogens with zero attached hydrogens (tertiary/aromatic N) is 4. The molecule has 0 atom stereocenters. The Morgan fingerprint density at radius 1 is 1.16 bits per heavy atom. The molecule has 0 saturated heterocycles. The maximum Gasteiger partial charge on any atom is 0.434 e. The van der Waals surface area contributed by atoms with E-state index in [9.17, 15) is 22.8 Å². The van der Waals surface area contributed by atoms with Crippen molar-refractivity contribution in [2.24, 2.45) is 12.8 Å². The maximum absolute atomic E-state index is 12.9. The van der Waals surface area contributed by atoms with Crippen LogP contribution in [0.3, 0.4) is 0 Å². The molecule has 1 amide bonds. The Hall–Kier alpha value is -4.28. The summed E-state index contributed by atoms with van der Waals surface area (Å²) in [6.07, 6.45) is 2.03. The summed E-state index contributed by atoms with van der Waals surface area (Å²) in [5.41, 5.74) is 6.97. The zero-order valence-electron chi connectivity index (χ0n) is 16.5. The Kier molecular flexibility index (Phi) is 5.09. The van der Waals surface area contributed by atoms with Crippen LogP contribution in [-0.4, -0.2) is 36.2 Å². The van der Waals surface area contributed by atoms with Gasteiger partial charge in [-0.05, 0) is 6.08 Å². The number of alkyl halides is 3. The summed E-state index contributed by atoms with van der Waals surface area (Å²) in [6.45, 7) is 0. The van der Waals surface area contributed by atoms with Gasteiger partial charge in [-0.3, -0.25) is 9.59 Å². The molecule has 0 aliphatic heterocycles. The zero-order valence-corrected chi connectivity index (χ0v) is 16.5. The summed E-state index contributed by atoms with van der Waals surface area (Å²) in [6, 6.07) is 6.19. The molecule has 0 spiro atoms. The Bertz CT molecular complexity index is 1370. The van der Waals surface area contributed by atoms with E-state index in [4.69, 9.17) is 5.73 Å². The number of aromatic nitrogens is 5. The van der Waals surface area contributed by atoms with Crippen LogP contribution in [0.5, 0.6) is 0 Å². The number of rotatable bonds is 5. The van der Waals surface area contributed by atoms with Crippen LogP contribution >= 0.6 is 0 Å². The van der Waals surface area contributed by atoms with E-state index < -0.39 is 23.6 Å². The number of ketones is 1. The number of fused-ring (bicyclic) bond motifs is 1. The van der Waals surface area contributed by atoms with E-state index in [2.05, 4.69) is 19.9 Å². The molecule has 0 fully saturated rings. The maximum atomic E-state index is 12.9. The number of hydrogen-bond acceptors (Lipinski definition) is 5. The van der Waals surface area contributed by atoms with E-state index >= 15 is 0 Å². The largest absolute Gasteiger partial charge is 0.434 e. The van der Waals surface area contributed by atoms with E-state index in [0.29, 0.717) is 28.0 Å². The zero-order chi connectivity index (χ0) is 23.0. The molecule has 0 aliphatic carbocycles. The van der Waals surface area contributed by atoms with Crippen molar-refractivity contribution in [1.82, 2.24) is 24.5 Å². The van der Waals surface area contributed by atoms with Gasteiger partial charge in [0.05, 0.1) is 11.9 Å². The van der Waals surface area contributed by atoms with Crippen LogP contribution in [0.2, 0.25) is 0 Å². The lowest BCUT2D eigenvalue weighted by Crippen LogP contribution is -2.09. The second-order valence-corrected chi connectivity index (χ2v) is 6.90. The molecular formula is C21H15F3N6O2. The molecule has 3 heterocycles. The fourth-order valence-electron chi connectivity index (χ4n) is 3.08. The first-order chi connectivity index (χ1) is 15.1. The van der Waals surface area contributed by atoms with Gasteiger partial charge in [0.15, 0.2) is 17.2 Å². The Balaban J connectivity index is 1.63. The van der Waals surface area contributed by atoms with Crippen molar-refractivity contribution >= 4 is 28.9 Å². The summed E-state index contributed by atoms with van der Waals surface area (Å²) in [5, 5.41) is 0. The molecule has 11 heteroatoms. The van der Waals surface area contributed by atoms with Gasteiger partial charge in [-0.15, -0.1) is 0 Å². The number of H-pyrrole nitrogens is 1. The molecule has 3 aromatic heterocycles. The van der Waals surface area contributed by atoms with Gasteiger partial charge in [0.2, 0.25) is 11.7 Å². The first kappa shape index (κ1) is 21.0. The van der Waals surface area contributed by atoms with E-state index in [1.807, 2.05) is 0 Å². The van der Waals surface area contributed by atoms with Gasteiger partial charge in [-0.2, -0.15) is 13.2 Å². The molecule has 8 nitrogen and oxygen atoms in total. The van der Waals surface area contributed by atoms with Crippen LogP contribution in [-0.2, 0) is 18.0 Å². The molecule has 0 saturated carbocycles. The molecule has 32 heavy (non-hydrogen) atoms. The van der Waals surface area contributed by atoms with Crippen LogP contribution in [0.4, 0.5) is 13.2 Å². The molecule has 4 rings (SSSR count). The smallest absolute Gasteiger partial charge is 0.366 e. The molecule has 4 aromatic rings. The quantitative estimate of drug-likeness (QED) is 0.365. The minimum Gasteiger partial charge on any atom is -0.366 e. The summed E-state index contributed by atoms with van der Waals surface area (Å²) >= 11 is 0. The lowest BCUT2D eigenvalue weighted by Gasteiger charge is -2.04. The third-order valence-electron chi connectivity index (χ3n) is 4.65. The molecule has 3 N–H and O–H groups in total. The van der Waals surface area contributed by atoms with Crippen LogP contribution in [0.15, 0.2) is 48.9 Å². The number of nitrogens with one attached hydrogen (secondary N) is 1. The highest BCUT2D eigenvalue weighted by molar-refractivity contribution is 6.07. The van der Waals surface area contributed by atoms with Gasteiger partial charge in [-0.25, -0.2) is 15.0 Å². The fraction of sp³-hybridized carbons (Fsp3) is 0.0952. The molecule has 162 valence electrons. The minimum atomic E-state index is -4.64. The Morgan fingerprint density at radius 3 is 2.50 bits per heavy atom. The average Bonchev–Trinajstić information content (AvgIpc) is 3.34. The molecular weight excluding hydrogens is 425 g/mol. The molecule has 0 unspecified atom stereocenters. The number of primary amides is 1. The first-order valence-corrected chi connectivity index (χ1v) is 9.21. The van der Waals surface area contributed by atoms with Gasteiger partial charge in [-0.1, -0.05) is 24.3 Å². The van der Waals surface area contributed by atoms with Gasteiger partial charge in [0.1, 0.15) is 5.52 Å². The molecule has 0 radical (unpaired) electrons. The topological polar surface area (TPSA) is 120 Å². The second kappa shape index (κ2) is 7.76.